The second-order valence-electron chi connectivity index (χ2n) is 5.00. The van der Waals surface area contributed by atoms with Crippen LogP contribution in [0.5, 0.6) is 0 Å². The molecule has 5 heteroatoms. The summed E-state index contributed by atoms with van der Waals surface area (Å²) in [6.07, 6.45) is 2.61. The van der Waals surface area contributed by atoms with E-state index in [4.69, 9.17) is 5.73 Å². The molecule has 0 aliphatic rings. The standard InChI is InChI=1S/C15H26N2O2S/c1-4-13(3)17(5-2)20(18,19)15-10-8-14(9-11-15)7-6-12-16/h8-11,13H,4-7,12,16H2,1-3H3. The van der Waals surface area contributed by atoms with Crippen LogP contribution in [0.2, 0.25) is 0 Å². The fourth-order valence-corrected chi connectivity index (χ4v) is 3.91. The second-order valence-corrected chi connectivity index (χ2v) is 6.89. The minimum Gasteiger partial charge on any atom is -0.330 e. The Hall–Kier alpha value is -0.910. The summed E-state index contributed by atoms with van der Waals surface area (Å²) in [4.78, 5) is 0.371. The van der Waals surface area contributed by atoms with Crippen LogP contribution in [0.3, 0.4) is 0 Å². The van der Waals surface area contributed by atoms with Crippen molar-refractivity contribution in [3.05, 3.63) is 29.8 Å². The molecule has 114 valence electrons. The van der Waals surface area contributed by atoms with Gasteiger partial charge in [-0.25, -0.2) is 8.42 Å². The summed E-state index contributed by atoms with van der Waals surface area (Å²) >= 11 is 0. The summed E-state index contributed by atoms with van der Waals surface area (Å²) in [6.45, 7) is 6.96. The normalized spacial score (nSPS) is 13.7. The molecule has 1 atom stereocenters. The highest BCUT2D eigenvalue weighted by Crippen LogP contribution is 2.20. The molecule has 0 aromatic heterocycles. The number of sulfonamides is 1. The SMILES string of the molecule is CCC(C)N(CC)S(=O)(=O)c1ccc(CCCN)cc1. The number of hydrogen-bond donors (Lipinski definition) is 1. The molecule has 0 bridgehead atoms. The smallest absolute Gasteiger partial charge is 0.243 e. The van der Waals surface area contributed by atoms with Gasteiger partial charge in [-0.3, -0.25) is 0 Å². The van der Waals surface area contributed by atoms with Crippen molar-refractivity contribution in [1.29, 1.82) is 0 Å². The highest BCUT2D eigenvalue weighted by Gasteiger charge is 2.26. The predicted octanol–water partition coefficient (Wildman–Crippen LogP) is 2.39. The molecule has 4 nitrogen and oxygen atoms in total. The monoisotopic (exact) mass is 298 g/mol. The van der Waals surface area contributed by atoms with Crippen molar-refractivity contribution in [2.45, 2.75) is 51.0 Å². The lowest BCUT2D eigenvalue weighted by molar-refractivity contribution is 0.342. The Morgan fingerprint density at radius 2 is 1.80 bits per heavy atom. The lowest BCUT2D eigenvalue weighted by Gasteiger charge is -2.26. The fourth-order valence-electron chi connectivity index (χ4n) is 2.19. The van der Waals surface area contributed by atoms with Crippen LogP contribution in [0.4, 0.5) is 0 Å². The molecule has 0 radical (unpaired) electrons. The van der Waals surface area contributed by atoms with Crippen LogP contribution >= 0.6 is 0 Å². The van der Waals surface area contributed by atoms with Crippen LogP contribution in [-0.4, -0.2) is 31.9 Å². The molecule has 0 spiro atoms. The van der Waals surface area contributed by atoms with E-state index in [9.17, 15) is 8.42 Å². The first-order valence-corrected chi connectivity index (χ1v) is 8.72. The average Bonchev–Trinajstić information content (AvgIpc) is 2.45. The van der Waals surface area contributed by atoms with Crippen molar-refractivity contribution in [2.75, 3.05) is 13.1 Å². The van der Waals surface area contributed by atoms with Crippen molar-refractivity contribution >= 4 is 10.0 Å². The van der Waals surface area contributed by atoms with E-state index < -0.39 is 10.0 Å². The number of hydrogen-bond acceptors (Lipinski definition) is 3. The molecule has 0 amide bonds. The van der Waals surface area contributed by atoms with Crippen LogP contribution < -0.4 is 5.73 Å². The summed E-state index contributed by atoms with van der Waals surface area (Å²) in [6, 6.07) is 7.18. The lowest BCUT2D eigenvalue weighted by Crippen LogP contribution is -2.38. The molecule has 0 heterocycles. The van der Waals surface area contributed by atoms with Gasteiger partial charge in [-0.1, -0.05) is 26.0 Å². The third-order valence-electron chi connectivity index (χ3n) is 3.59. The van der Waals surface area contributed by atoms with E-state index in [1.807, 2.05) is 32.9 Å². The Morgan fingerprint density at radius 3 is 2.25 bits per heavy atom. The van der Waals surface area contributed by atoms with Crippen molar-refractivity contribution in [3.8, 4) is 0 Å². The van der Waals surface area contributed by atoms with Gasteiger partial charge in [-0.05, 0) is 50.4 Å². The first kappa shape index (κ1) is 17.1. The Balaban J connectivity index is 2.97. The van der Waals surface area contributed by atoms with Gasteiger partial charge in [0.15, 0.2) is 0 Å². The molecule has 1 unspecified atom stereocenters. The summed E-state index contributed by atoms with van der Waals surface area (Å²) < 4.78 is 26.7. The van der Waals surface area contributed by atoms with Gasteiger partial charge in [0.2, 0.25) is 10.0 Å². The van der Waals surface area contributed by atoms with Crippen LogP contribution in [0.1, 0.15) is 39.2 Å². The average molecular weight is 298 g/mol. The molecule has 1 rings (SSSR count). The van der Waals surface area contributed by atoms with E-state index in [1.165, 1.54) is 0 Å². The Morgan fingerprint density at radius 1 is 1.20 bits per heavy atom. The zero-order valence-corrected chi connectivity index (χ0v) is 13.5. The summed E-state index contributed by atoms with van der Waals surface area (Å²) in [5, 5.41) is 0. The van der Waals surface area contributed by atoms with Crippen molar-refractivity contribution in [1.82, 2.24) is 4.31 Å². The van der Waals surface area contributed by atoms with Gasteiger partial charge in [0.1, 0.15) is 0 Å². The van der Waals surface area contributed by atoms with Crippen molar-refractivity contribution < 1.29 is 8.42 Å². The minimum atomic E-state index is -3.39. The molecular weight excluding hydrogens is 272 g/mol. The van der Waals surface area contributed by atoms with E-state index in [-0.39, 0.29) is 6.04 Å². The van der Waals surface area contributed by atoms with Gasteiger partial charge in [0.25, 0.3) is 0 Å². The van der Waals surface area contributed by atoms with Crippen LogP contribution in [-0.2, 0) is 16.4 Å². The molecule has 2 N–H and O–H groups in total. The third kappa shape index (κ3) is 4.04. The van der Waals surface area contributed by atoms with E-state index in [0.717, 1.165) is 24.8 Å². The quantitative estimate of drug-likeness (QED) is 0.801. The first-order chi connectivity index (χ1) is 9.47. The highest BCUT2D eigenvalue weighted by atomic mass is 32.2. The third-order valence-corrected chi connectivity index (χ3v) is 5.70. The van der Waals surface area contributed by atoms with Gasteiger partial charge < -0.3 is 5.73 Å². The lowest BCUT2D eigenvalue weighted by atomic mass is 10.1. The molecule has 1 aromatic carbocycles. The maximum atomic E-state index is 12.6. The van der Waals surface area contributed by atoms with E-state index in [0.29, 0.717) is 18.0 Å². The molecule has 0 aliphatic carbocycles. The topological polar surface area (TPSA) is 63.4 Å². The zero-order chi connectivity index (χ0) is 15.2. The summed E-state index contributed by atoms with van der Waals surface area (Å²) in [5.41, 5.74) is 6.61. The van der Waals surface area contributed by atoms with E-state index in [1.54, 1.807) is 16.4 Å². The Labute approximate surface area is 123 Å². The van der Waals surface area contributed by atoms with Crippen molar-refractivity contribution in [3.63, 3.8) is 0 Å². The first-order valence-electron chi connectivity index (χ1n) is 7.28. The fraction of sp³-hybridized carbons (Fsp3) is 0.600. The summed E-state index contributed by atoms with van der Waals surface area (Å²) in [7, 11) is -3.39. The zero-order valence-electron chi connectivity index (χ0n) is 12.7. The Bertz CT molecular complexity index is 497. The molecule has 0 saturated heterocycles. The van der Waals surface area contributed by atoms with Gasteiger partial charge in [0, 0.05) is 12.6 Å². The maximum Gasteiger partial charge on any atom is 0.243 e. The minimum absolute atomic E-state index is 0.0157. The van der Waals surface area contributed by atoms with E-state index in [2.05, 4.69) is 0 Å². The van der Waals surface area contributed by atoms with Crippen molar-refractivity contribution in [2.24, 2.45) is 5.73 Å². The molecule has 20 heavy (non-hydrogen) atoms. The largest absolute Gasteiger partial charge is 0.330 e. The van der Waals surface area contributed by atoms with Crippen LogP contribution in [0.25, 0.3) is 0 Å². The van der Waals surface area contributed by atoms with E-state index >= 15 is 0 Å². The second kappa shape index (κ2) is 7.76. The predicted molar refractivity (Wildman–Crippen MR) is 83.1 cm³/mol. The molecule has 0 aliphatic heterocycles. The number of benzene rings is 1. The van der Waals surface area contributed by atoms with Gasteiger partial charge in [-0.2, -0.15) is 4.31 Å². The van der Waals surface area contributed by atoms with Gasteiger partial charge in [0.05, 0.1) is 4.90 Å². The molecule has 0 saturated carbocycles. The molecule has 1 aromatic rings. The number of nitrogens with zero attached hydrogens (tertiary/aromatic N) is 1. The highest BCUT2D eigenvalue weighted by molar-refractivity contribution is 7.89. The van der Waals surface area contributed by atoms with Crippen LogP contribution in [0.15, 0.2) is 29.2 Å². The molecule has 0 fully saturated rings. The van der Waals surface area contributed by atoms with Crippen LogP contribution in [0, 0.1) is 0 Å². The number of rotatable bonds is 8. The number of aryl methyl sites for hydroxylation is 1. The summed E-state index contributed by atoms with van der Waals surface area (Å²) in [5.74, 6) is 0. The van der Waals surface area contributed by atoms with Gasteiger partial charge >= 0.3 is 0 Å². The van der Waals surface area contributed by atoms with Gasteiger partial charge in [-0.15, -0.1) is 0 Å². The molecular formula is C15H26N2O2S. The maximum absolute atomic E-state index is 12.6. The number of nitrogens with two attached hydrogens (primary N) is 1. The Kier molecular flexibility index (Phi) is 6.65.